The Morgan fingerprint density at radius 2 is 1.96 bits per heavy atom. The molecule has 1 aliphatic carbocycles. The van der Waals surface area contributed by atoms with E-state index in [1.165, 1.54) is 22.6 Å². The van der Waals surface area contributed by atoms with Gasteiger partial charge in [0.1, 0.15) is 16.5 Å². The van der Waals surface area contributed by atoms with E-state index >= 15 is 0 Å². The molecule has 1 aliphatic rings. The Morgan fingerprint density at radius 3 is 2.75 bits per heavy atom. The third kappa shape index (κ3) is 2.87. The Bertz CT molecular complexity index is 1250. The van der Waals surface area contributed by atoms with Crippen molar-refractivity contribution in [1.82, 2.24) is 9.55 Å². The number of thiophene rings is 1. The molecule has 5 heteroatoms. The van der Waals surface area contributed by atoms with Gasteiger partial charge in [-0.1, -0.05) is 42.0 Å². The second-order valence-electron chi connectivity index (χ2n) is 7.36. The maximum atomic E-state index is 13.7. The van der Waals surface area contributed by atoms with Crippen molar-refractivity contribution in [3.05, 3.63) is 86.3 Å². The summed E-state index contributed by atoms with van der Waals surface area (Å²) in [6.07, 6.45) is 3.07. The molecule has 0 atom stereocenters. The second-order valence-corrected chi connectivity index (χ2v) is 8.44. The van der Waals surface area contributed by atoms with E-state index in [9.17, 15) is 9.18 Å². The fraction of sp³-hybridized carbons (Fsp3) is 0.217. The van der Waals surface area contributed by atoms with E-state index < -0.39 is 0 Å². The number of aryl methyl sites for hydroxylation is 3. The Hall–Kier alpha value is -2.79. The topological polar surface area (TPSA) is 34.9 Å². The van der Waals surface area contributed by atoms with Crippen molar-refractivity contribution in [1.29, 1.82) is 0 Å². The highest BCUT2D eigenvalue weighted by Crippen LogP contribution is 2.35. The lowest BCUT2D eigenvalue weighted by Crippen LogP contribution is -2.24. The third-order valence-corrected chi connectivity index (χ3v) is 6.55. The first-order chi connectivity index (χ1) is 13.6. The molecule has 0 saturated carbocycles. The van der Waals surface area contributed by atoms with Crippen LogP contribution >= 0.6 is 11.3 Å². The predicted octanol–water partition coefficient (Wildman–Crippen LogP) is 5.11. The van der Waals surface area contributed by atoms with Gasteiger partial charge in [0.2, 0.25) is 0 Å². The van der Waals surface area contributed by atoms with Crippen LogP contribution in [-0.2, 0) is 19.4 Å². The summed E-state index contributed by atoms with van der Waals surface area (Å²) >= 11 is 1.65. The molecule has 28 heavy (non-hydrogen) atoms. The van der Waals surface area contributed by atoms with E-state index in [2.05, 4.69) is 0 Å². The number of benzene rings is 2. The number of halogens is 1. The molecule has 2 aromatic heterocycles. The van der Waals surface area contributed by atoms with Crippen molar-refractivity contribution in [2.75, 3.05) is 0 Å². The zero-order valence-corrected chi connectivity index (χ0v) is 16.4. The lowest BCUT2D eigenvalue weighted by molar-refractivity contribution is 0.623. The van der Waals surface area contributed by atoms with E-state index in [4.69, 9.17) is 4.98 Å². The summed E-state index contributed by atoms with van der Waals surface area (Å²) in [4.78, 5) is 20.6. The predicted molar refractivity (Wildman–Crippen MR) is 112 cm³/mol. The molecule has 3 nitrogen and oxygen atoms in total. The quantitative estimate of drug-likeness (QED) is 0.487. The van der Waals surface area contributed by atoms with Crippen molar-refractivity contribution in [3.63, 3.8) is 0 Å². The minimum Gasteiger partial charge on any atom is -0.288 e. The standard InChI is InChI=1S/C23H19FN2OS/c1-14-8-10-16(11-9-14)21-25-22-20(18-6-3-7-19(18)28-22)23(27)26(21)13-15-4-2-5-17(24)12-15/h2,4-5,8-12H,3,6-7,13H2,1H3. The average molecular weight is 390 g/mol. The van der Waals surface area contributed by atoms with E-state index in [-0.39, 0.29) is 11.4 Å². The molecule has 0 fully saturated rings. The van der Waals surface area contributed by atoms with Gasteiger partial charge in [0.05, 0.1) is 11.9 Å². The first-order valence-corrected chi connectivity index (χ1v) is 10.3. The molecule has 0 unspecified atom stereocenters. The fourth-order valence-electron chi connectivity index (χ4n) is 3.96. The van der Waals surface area contributed by atoms with Crippen molar-refractivity contribution in [3.8, 4) is 11.4 Å². The van der Waals surface area contributed by atoms with E-state index in [0.717, 1.165) is 46.2 Å². The van der Waals surface area contributed by atoms with Gasteiger partial charge in [0, 0.05) is 10.4 Å². The third-order valence-electron chi connectivity index (χ3n) is 5.36. The highest BCUT2D eigenvalue weighted by molar-refractivity contribution is 7.18. The van der Waals surface area contributed by atoms with Gasteiger partial charge in [-0.05, 0) is 49.4 Å². The van der Waals surface area contributed by atoms with Crippen LogP contribution in [-0.4, -0.2) is 9.55 Å². The number of hydrogen-bond acceptors (Lipinski definition) is 3. The van der Waals surface area contributed by atoms with Gasteiger partial charge in [-0.15, -0.1) is 11.3 Å². The van der Waals surface area contributed by atoms with Gasteiger partial charge in [0.15, 0.2) is 0 Å². The second kappa shape index (κ2) is 6.67. The first kappa shape index (κ1) is 17.3. The Balaban J connectivity index is 1.76. The molecule has 0 aliphatic heterocycles. The van der Waals surface area contributed by atoms with Gasteiger partial charge in [-0.25, -0.2) is 9.37 Å². The summed E-state index contributed by atoms with van der Waals surface area (Å²) in [7, 11) is 0. The fourth-order valence-corrected chi connectivity index (χ4v) is 5.22. The lowest BCUT2D eigenvalue weighted by Gasteiger charge is -2.13. The molecule has 0 bridgehead atoms. The van der Waals surface area contributed by atoms with Crippen molar-refractivity contribution in [2.24, 2.45) is 0 Å². The van der Waals surface area contributed by atoms with Crippen LogP contribution in [0.1, 0.15) is 28.0 Å². The number of fused-ring (bicyclic) bond motifs is 3. The largest absolute Gasteiger partial charge is 0.288 e. The van der Waals surface area contributed by atoms with Crippen LogP contribution in [0.2, 0.25) is 0 Å². The molecule has 0 spiro atoms. The van der Waals surface area contributed by atoms with E-state index in [0.29, 0.717) is 12.4 Å². The molecular formula is C23H19FN2OS. The molecule has 0 radical (unpaired) electrons. The molecule has 0 N–H and O–H groups in total. The highest BCUT2D eigenvalue weighted by Gasteiger charge is 2.23. The Morgan fingerprint density at radius 1 is 1.14 bits per heavy atom. The molecule has 140 valence electrons. The number of rotatable bonds is 3. The molecule has 0 saturated heterocycles. The summed E-state index contributed by atoms with van der Waals surface area (Å²) in [5.41, 5.74) is 3.95. The van der Waals surface area contributed by atoms with Crippen LogP contribution in [0.4, 0.5) is 4.39 Å². The van der Waals surface area contributed by atoms with Crippen LogP contribution in [0.25, 0.3) is 21.6 Å². The summed E-state index contributed by atoms with van der Waals surface area (Å²) in [5, 5.41) is 0.754. The first-order valence-electron chi connectivity index (χ1n) is 9.47. The minimum absolute atomic E-state index is 0.0239. The lowest BCUT2D eigenvalue weighted by atomic mass is 10.1. The van der Waals surface area contributed by atoms with Crippen LogP contribution in [0.3, 0.4) is 0 Å². The summed E-state index contributed by atoms with van der Waals surface area (Å²) < 4.78 is 15.4. The van der Waals surface area contributed by atoms with Crippen LogP contribution in [0, 0.1) is 12.7 Å². The van der Waals surface area contributed by atoms with Gasteiger partial charge in [-0.3, -0.25) is 9.36 Å². The number of aromatic nitrogens is 2. The maximum Gasteiger partial charge on any atom is 0.263 e. The number of nitrogens with zero attached hydrogens (tertiary/aromatic N) is 2. The van der Waals surface area contributed by atoms with Gasteiger partial charge < -0.3 is 0 Å². The molecule has 4 aromatic rings. The van der Waals surface area contributed by atoms with Crippen LogP contribution in [0.15, 0.2) is 53.3 Å². The van der Waals surface area contributed by atoms with Crippen LogP contribution in [0.5, 0.6) is 0 Å². The minimum atomic E-state index is -0.298. The molecule has 0 amide bonds. The maximum absolute atomic E-state index is 13.7. The van der Waals surface area contributed by atoms with Gasteiger partial charge in [0.25, 0.3) is 5.56 Å². The van der Waals surface area contributed by atoms with Crippen LogP contribution < -0.4 is 5.56 Å². The zero-order chi connectivity index (χ0) is 19.3. The molecule has 2 heterocycles. The van der Waals surface area contributed by atoms with Crippen molar-refractivity contribution in [2.45, 2.75) is 32.7 Å². The van der Waals surface area contributed by atoms with Gasteiger partial charge >= 0.3 is 0 Å². The zero-order valence-electron chi connectivity index (χ0n) is 15.5. The highest BCUT2D eigenvalue weighted by atomic mass is 32.1. The van der Waals surface area contributed by atoms with Crippen molar-refractivity contribution < 1.29 is 4.39 Å². The summed E-state index contributed by atoms with van der Waals surface area (Å²) in [5.74, 6) is 0.342. The molecular weight excluding hydrogens is 371 g/mol. The number of hydrogen-bond donors (Lipinski definition) is 0. The average Bonchev–Trinajstić information content (AvgIpc) is 3.25. The van der Waals surface area contributed by atoms with E-state index in [1.54, 1.807) is 22.0 Å². The SMILES string of the molecule is Cc1ccc(-c2nc3sc4c(c3c(=O)n2Cc2cccc(F)c2)CCC4)cc1. The molecule has 5 rings (SSSR count). The smallest absolute Gasteiger partial charge is 0.263 e. The Kier molecular flexibility index (Phi) is 4.13. The Labute approximate surface area is 166 Å². The monoisotopic (exact) mass is 390 g/mol. The summed E-state index contributed by atoms with van der Waals surface area (Å²) in [6.45, 7) is 2.33. The van der Waals surface area contributed by atoms with Crippen molar-refractivity contribution >= 4 is 21.6 Å². The van der Waals surface area contributed by atoms with E-state index in [1.807, 2.05) is 37.3 Å². The molecule has 2 aromatic carbocycles. The van der Waals surface area contributed by atoms with Gasteiger partial charge in [-0.2, -0.15) is 0 Å². The summed E-state index contributed by atoms with van der Waals surface area (Å²) in [6, 6.07) is 14.4. The normalized spacial score (nSPS) is 13.2.